The Bertz CT molecular complexity index is 1360. The molecular weight excluding hydrogens is 473 g/mol. The van der Waals surface area contributed by atoms with Crippen LogP contribution >= 0.6 is 11.8 Å². The van der Waals surface area contributed by atoms with E-state index in [0.717, 1.165) is 23.9 Å². The molecule has 0 saturated carbocycles. The van der Waals surface area contributed by atoms with E-state index < -0.39 is 35.9 Å². The first-order valence-corrected chi connectivity index (χ1v) is 10.6. The van der Waals surface area contributed by atoms with Gasteiger partial charge in [0, 0.05) is 12.4 Å². The minimum absolute atomic E-state index is 0.0938. The van der Waals surface area contributed by atoms with Crippen LogP contribution in [0, 0.1) is 0 Å². The van der Waals surface area contributed by atoms with E-state index in [1.165, 1.54) is 11.9 Å². The number of thioether (sulfide) groups is 1. The Kier molecular flexibility index (Phi) is 6.09. The van der Waals surface area contributed by atoms with Crippen molar-refractivity contribution < 1.29 is 33.0 Å². The molecule has 12 heteroatoms. The lowest BCUT2D eigenvalue weighted by Crippen LogP contribution is -2.29. The molecule has 3 N–H and O–H groups in total. The lowest BCUT2D eigenvalue weighted by molar-refractivity contribution is -0.138. The Balaban J connectivity index is 1.83. The number of allylic oxidation sites excluding steroid dienone is 1. The summed E-state index contributed by atoms with van der Waals surface area (Å²) in [6.45, 7) is -0.404. The number of halogens is 3. The van der Waals surface area contributed by atoms with Crippen LogP contribution < -0.4 is 0 Å². The number of hydrogen-bond donors (Lipinski definition) is 3. The van der Waals surface area contributed by atoms with Gasteiger partial charge in [-0.15, -0.1) is 0 Å². The molecule has 0 radical (unpaired) electrons. The summed E-state index contributed by atoms with van der Waals surface area (Å²) in [5.41, 5.74) is 0.327. The van der Waals surface area contributed by atoms with Crippen molar-refractivity contribution in [2.45, 2.75) is 12.6 Å². The number of benzene rings is 2. The van der Waals surface area contributed by atoms with Crippen LogP contribution in [0.2, 0.25) is 0 Å². The quantitative estimate of drug-likeness (QED) is 0.465. The van der Waals surface area contributed by atoms with E-state index in [1.807, 2.05) is 0 Å². The average Bonchev–Trinajstić information content (AvgIpc) is 3.37. The Morgan fingerprint density at radius 2 is 1.97 bits per heavy atom. The van der Waals surface area contributed by atoms with Crippen LogP contribution in [0.1, 0.15) is 16.7 Å². The van der Waals surface area contributed by atoms with Gasteiger partial charge in [-0.2, -0.15) is 23.3 Å². The standard InChI is InChI=1S/C22H17F3N4O4S/c1-29(10-18(31)32)21-27-20(33)19(34-21)15(11-3-5-17-13(6-11)9-26-28-17)7-12-2-4-14(30)8-16(12)22(23,24)25/h2-6,8-9,30H,7,10H2,1H3,(H,26,28)(H,31,32). The number of carboxylic acid groups (broad SMARTS) is 1. The molecule has 1 aromatic heterocycles. The number of carboxylic acids is 1. The number of aromatic amines is 1. The van der Waals surface area contributed by atoms with Gasteiger partial charge >= 0.3 is 12.1 Å². The van der Waals surface area contributed by atoms with Crippen molar-refractivity contribution in [3.8, 4) is 5.75 Å². The summed E-state index contributed by atoms with van der Waals surface area (Å²) in [4.78, 5) is 29.1. The lowest BCUT2D eigenvalue weighted by atomic mass is 9.93. The number of phenols is 1. The molecule has 0 bridgehead atoms. The first kappa shape index (κ1) is 23.4. The predicted molar refractivity (Wildman–Crippen MR) is 120 cm³/mol. The third kappa shape index (κ3) is 4.76. The third-order valence-corrected chi connectivity index (χ3v) is 6.32. The highest BCUT2D eigenvalue weighted by Gasteiger charge is 2.35. The smallest absolute Gasteiger partial charge is 0.416 e. The van der Waals surface area contributed by atoms with Gasteiger partial charge in [0.05, 0.1) is 22.2 Å². The number of aliphatic imine (C=N–C) groups is 1. The zero-order chi connectivity index (χ0) is 24.6. The molecule has 8 nitrogen and oxygen atoms in total. The summed E-state index contributed by atoms with van der Waals surface area (Å²) in [5.74, 6) is -2.33. The van der Waals surface area contributed by atoms with E-state index in [9.17, 15) is 27.9 Å². The molecule has 0 spiro atoms. The van der Waals surface area contributed by atoms with Gasteiger partial charge in [0.1, 0.15) is 12.3 Å². The van der Waals surface area contributed by atoms with E-state index in [4.69, 9.17) is 5.11 Å². The number of aliphatic carboxylic acids is 1. The number of H-pyrrole nitrogens is 1. The highest BCUT2D eigenvalue weighted by Crippen LogP contribution is 2.40. The fraction of sp³-hybridized carbons (Fsp3) is 0.182. The van der Waals surface area contributed by atoms with Gasteiger partial charge in [0.25, 0.3) is 5.91 Å². The van der Waals surface area contributed by atoms with Crippen molar-refractivity contribution in [1.82, 2.24) is 15.1 Å². The highest BCUT2D eigenvalue weighted by atomic mass is 32.2. The first-order chi connectivity index (χ1) is 16.0. The van der Waals surface area contributed by atoms with Crippen LogP contribution in [0.4, 0.5) is 13.2 Å². The molecule has 34 heavy (non-hydrogen) atoms. The van der Waals surface area contributed by atoms with Crippen molar-refractivity contribution in [2.24, 2.45) is 4.99 Å². The van der Waals surface area contributed by atoms with E-state index in [2.05, 4.69) is 15.2 Å². The summed E-state index contributed by atoms with van der Waals surface area (Å²) >= 11 is 0.904. The van der Waals surface area contributed by atoms with Crippen molar-refractivity contribution >= 4 is 45.3 Å². The monoisotopic (exact) mass is 490 g/mol. The second kappa shape index (κ2) is 8.86. The number of amidine groups is 1. The summed E-state index contributed by atoms with van der Waals surface area (Å²) in [7, 11) is 1.45. The van der Waals surface area contributed by atoms with Crippen LogP contribution in [-0.2, 0) is 22.2 Å². The van der Waals surface area contributed by atoms with E-state index >= 15 is 0 Å². The molecule has 0 aliphatic carbocycles. The maximum atomic E-state index is 13.7. The van der Waals surface area contributed by atoms with Crippen LogP contribution in [0.3, 0.4) is 0 Å². The summed E-state index contributed by atoms with van der Waals surface area (Å²) in [6.07, 6.45) is -3.46. The number of nitrogens with zero attached hydrogens (tertiary/aromatic N) is 3. The Labute approximate surface area is 194 Å². The second-order valence-electron chi connectivity index (χ2n) is 7.55. The number of rotatable bonds is 5. The van der Waals surface area contributed by atoms with E-state index in [0.29, 0.717) is 22.5 Å². The van der Waals surface area contributed by atoms with Crippen LogP contribution in [0.25, 0.3) is 16.5 Å². The zero-order valence-electron chi connectivity index (χ0n) is 17.6. The fourth-order valence-corrected chi connectivity index (χ4v) is 4.51. The Hall–Kier alpha value is -3.80. The van der Waals surface area contributed by atoms with Gasteiger partial charge in [0.2, 0.25) is 0 Å². The van der Waals surface area contributed by atoms with Crippen LogP contribution in [-0.4, -0.2) is 55.9 Å². The SMILES string of the molecule is CN(CC(=O)O)C1=NC(=O)C(=C(Cc2ccc(O)cc2C(F)(F)F)c2ccc3[nH]ncc3c2)S1. The number of carbonyl (C=O) groups excluding carboxylic acids is 1. The Morgan fingerprint density at radius 3 is 2.68 bits per heavy atom. The molecule has 176 valence electrons. The molecule has 1 amide bonds. The van der Waals surface area contributed by atoms with Gasteiger partial charge in [-0.3, -0.25) is 14.7 Å². The molecular formula is C22H17F3N4O4S. The van der Waals surface area contributed by atoms with Crippen molar-refractivity contribution in [2.75, 3.05) is 13.6 Å². The number of hydrogen-bond acceptors (Lipinski definition) is 6. The summed E-state index contributed by atoms with van der Waals surface area (Å²) in [6, 6.07) is 8.01. The normalized spacial score (nSPS) is 15.5. The molecule has 1 aliphatic heterocycles. The van der Waals surface area contributed by atoms with E-state index in [-0.39, 0.29) is 27.6 Å². The fourth-order valence-electron chi connectivity index (χ4n) is 3.54. The van der Waals surface area contributed by atoms with Gasteiger partial charge in [-0.25, -0.2) is 0 Å². The van der Waals surface area contributed by atoms with Crippen LogP contribution in [0.15, 0.2) is 52.5 Å². The number of fused-ring (bicyclic) bond motifs is 1. The van der Waals surface area contributed by atoms with Crippen molar-refractivity contribution in [3.63, 3.8) is 0 Å². The molecule has 2 aromatic carbocycles. The predicted octanol–water partition coefficient (Wildman–Crippen LogP) is 3.89. The number of aromatic nitrogens is 2. The van der Waals surface area contributed by atoms with Crippen molar-refractivity contribution in [3.05, 3.63) is 64.2 Å². The van der Waals surface area contributed by atoms with Gasteiger partial charge in [0.15, 0.2) is 5.17 Å². The van der Waals surface area contributed by atoms with Gasteiger partial charge in [-0.05, 0) is 59.1 Å². The second-order valence-corrected chi connectivity index (χ2v) is 8.52. The topological polar surface area (TPSA) is 119 Å². The number of alkyl halides is 3. The molecule has 4 rings (SSSR count). The number of aromatic hydroxyl groups is 1. The number of nitrogens with one attached hydrogen (secondary N) is 1. The average molecular weight is 490 g/mol. The molecule has 0 unspecified atom stereocenters. The number of amides is 1. The molecule has 2 heterocycles. The number of carbonyl (C=O) groups is 2. The van der Waals surface area contributed by atoms with Gasteiger partial charge in [-0.1, -0.05) is 12.1 Å². The van der Waals surface area contributed by atoms with Gasteiger partial charge < -0.3 is 15.1 Å². The minimum atomic E-state index is -4.73. The largest absolute Gasteiger partial charge is 0.508 e. The summed E-state index contributed by atoms with van der Waals surface area (Å²) < 4.78 is 41.1. The van der Waals surface area contributed by atoms with E-state index in [1.54, 1.807) is 24.4 Å². The minimum Gasteiger partial charge on any atom is -0.508 e. The Morgan fingerprint density at radius 1 is 1.21 bits per heavy atom. The first-order valence-electron chi connectivity index (χ1n) is 9.82. The molecule has 1 aliphatic rings. The molecule has 0 fully saturated rings. The number of likely N-dealkylation sites (N-methyl/N-ethyl adjacent to an activating group) is 1. The van der Waals surface area contributed by atoms with Crippen molar-refractivity contribution in [1.29, 1.82) is 0 Å². The lowest BCUT2D eigenvalue weighted by Gasteiger charge is -2.17. The number of phenolic OH excluding ortho intramolecular Hbond substituents is 1. The maximum Gasteiger partial charge on any atom is 0.416 e. The van der Waals surface area contributed by atoms with Crippen LogP contribution in [0.5, 0.6) is 5.75 Å². The molecule has 3 aromatic rings. The highest BCUT2D eigenvalue weighted by molar-refractivity contribution is 8.18. The zero-order valence-corrected chi connectivity index (χ0v) is 18.4. The molecule has 0 saturated heterocycles. The third-order valence-electron chi connectivity index (χ3n) is 5.11. The molecule has 0 atom stereocenters. The summed E-state index contributed by atoms with van der Waals surface area (Å²) in [5, 5.41) is 26.2. The maximum absolute atomic E-state index is 13.7.